The molecule has 106 valence electrons. The molecular weight excluding hydrogens is 270 g/mol. The summed E-state index contributed by atoms with van der Waals surface area (Å²) >= 11 is 6.21. The van der Waals surface area contributed by atoms with Crippen LogP contribution in [-0.2, 0) is 4.79 Å². The Morgan fingerprint density at radius 3 is 2.60 bits per heavy atom. The zero-order chi connectivity index (χ0) is 14.8. The van der Waals surface area contributed by atoms with E-state index in [0.29, 0.717) is 6.42 Å². The molecule has 2 aromatic rings. The van der Waals surface area contributed by atoms with Gasteiger partial charge in [0, 0.05) is 0 Å². The zero-order valence-corrected chi connectivity index (χ0v) is 12.9. The lowest BCUT2D eigenvalue weighted by atomic mass is 9.99. The van der Waals surface area contributed by atoms with Gasteiger partial charge in [0.2, 0.25) is 5.91 Å². The van der Waals surface area contributed by atoms with Gasteiger partial charge in [-0.15, -0.1) is 11.6 Å². The van der Waals surface area contributed by atoms with Crippen LogP contribution in [0.4, 0.5) is 0 Å². The molecule has 0 saturated heterocycles. The van der Waals surface area contributed by atoms with Crippen LogP contribution in [0.25, 0.3) is 10.8 Å². The lowest BCUT2D eigenvalue weighted by molar-refractivity contribution is -0.124. The maximum atomic E-state index is 12.2. The molecule has 2 nitrogen and oxygen atoms in total. The summed E-state index contributed by atoms with van der Waals surface area (Å²) in [6.45, 7) is 5.65. The molecule has 1 amide bonds. The third-order valence-corrected chi connectivity index (χ3v) is 4.21. The number of carbonyl (C=O) groups excluding carboxylic acids is 1. The van der Waals surface area contributed by atoms with Crippen molar-refractivity contribution in [2.75, 3.05) is 0 Å². The standard InChI is InChI=1S/C17H20ClNO/c1-4-17(3,18)16(20)19-12(2)14-11-7-9-13-8-5-6-10-15(13)14/h5-12H,4H2,1-3H3,(H,19,20)/t12-,17-/m1/s1. The molecule has 0 unspecified atom stereocenters. The van der Waals surface area contributed by atoms with Crippen molar-refractivity contribution in [1.29, 1.82) is 0 Å². The second-order valence-corrected chi connectivity index (χ2v) is 6.15. The number of hydrogen-bond donors (Lipinski definition) is 1. The first-order valence-electron chi connectivity index (χ1n) is 6.93. The highest BCUT2D eigenvalue weighted by atomic mass is 35.5. The minimum atomic E-state index is -0.848. The topological polar surface area (TPSA) is 29.1 Å². The van der Waals surface area contributed by atoms with Gasteiger partial charge in [0.25, 0.3) is 0 Å². The van der Waals surface area contributed by atoms with Crippen LogP contribution in [-0.4, -0.2) is 10.8 Å². The van der Waals surface area contributed by atoms with Crippen LogP contribution < -0.4 is 5.32 Å². The molecular formula is C17H20ClNO. The van der Waals surface area contributed by atoms with Crippen LogP contribution in [0.5, 0.6) is 0 Å². The summed E-state index contributed by atoms with van der Waals surface area (Å²) in [7, 11) is 0. The number of hydrogen-bond acceptors (Lipinski definition) is 1. The van der Waals surface area contributed by atoms with Crippen molar-refractivity contribution in [1.82, 2.24) is 5.32 Å². The maximum absolute atomic E-state index is 12.2. The average Bonchev–Trinajstić information content (AvgIpc) is 2.46. The van der Waals surface area contributed by atoms with E-state index >= 15 is 0 Å². The Kier molecular flexibility index (Phi) is 4.34. The Morgan fingerprint density at radius 2 is 1.90 bits per heavy atom. The van der Waals surface area contributed by atoms with Crippen LogP contribution >= 0.6 is 11.6 Å². The number of rotatable bonds is 4. The summed E-state index contributed by atoms with van der Waals surface area (Å²) in [6.07, 6.45) is 0.600. The van der Waals surface area contributed by atoms with Crippen molar-refractivity contribution in [3.63, 3.8) is 0 Å². The molecule has 2 atom stereocenters. The molecule has 0 aromatic heterocycles. The summed E-state index contributed by atoms with van der Waals surface area (Å²) in [5, 5.41) is 5.35. The minimum Gasteiger partial charge on any atom is -0.348 e. The van der Waals surface area contributed by atoms with E-state index in [4.69, 9.17) is 11.6 Å². The number of halogens is 1. The molecule has 0 aliphatic rings. The Bertz CT molecular complexity index is 616. The molecule has 20 heavy (non-hydrogen) atoms. The van der Waals surface area contributed by atoms with Crippen LogP contribution in [0, 0.1) is 0 Å². The smallest absolute Gasteiger partial charge is 0.241 e. The summed E-state index contributed by atoms with van der Waals surface area (Å²) in [4.78, 5) is 11.3. The van der Waals surface area contributed by atoms with Gasteiger partial charge in [-0.05, 0) is 36.6 Å². The Morgan fingerprint density at radius 1 is 1.25 bits per heavy atom. The number of fused-ring (bicyclic) bond motifs is 1. The number of carbonyl (C=O) groups is 1. The first-order chi connectivity index (χ1) is 9.45. The SMILES string of the molecule is CC[C@@](C)(Cl)C(=O)N[C@H](C)c1cccc2ccccc12. The second kappa shape index (κ2) is 5.84. The van der Waals surface area contributed by atoms with Crippen molar-refractivity contribution in [3.8, 4) is 0 Å². The van der Waals surface area contributed by atoms with Crippen molar-refractivity contribution >= 4 is 28.3 Å². The largest absolute Gasteiger partial charge is 0.348 e. The fraction of sp³-hybridized carbons (Fsp3) is 0.353. The predicted octanol–water partition coefficient (Wildman–Crippen LogP) is 4.42. The van der Waals surface area contributed by atoms with Gasteiger partial charge >= 0.3 is 0 Å². The highest BCUT2D eigenvalue weighted by Gasteiger charge is 2.29. The minimum absolute atomic E-state index is 0.0711. The Hall–Kier alpha value is -1.54. The molecule has 0 fully saturated rings. The molecule has 2 rings (SSSR count). The third kappa shape index (κ3) is 2.96. The van der Waals surface area contributed by atoms with Gasteiger partial charge < -0.3 is 5.32 Å². The monoisotopic (exact) mass is 289 g/mol. The fourth-order valence-electron chi connectivity index (χ4n) is 2.21. The van der Waals surface area contributed by atoms with E-state index in [1.807, 2.05) is 38.1 Å². The van der Waals surface area contributed by atoms with E-state index in [9.17, 15) is 4.79 Å². The number of alkyl halides is 1. The number of nitrogens with one attached hydrogen (secondary N) is 1. The van der Waals surface area contributed by atoms with Crippen molar-refractivity contribution in [2.45, 2.75) is 38.1 Å². The van der Waals surface area contributed by atoms with E-state index < -0.39 is 4.87 Å². The van der Waals surface area contributed by atoms with E-state index in [2.05, 4.69) is 23.5 Å². The van der Waals surface area contributed by atoms with Gasteiger partial charge in [-0.1, -0.05) is 49.4 Å². The highest BCUT2D eigenvalue weighted by Crippen LogP contribution is 2.26. The predicted molar refractivity (Wildman–Crippen MR) is 85.1 cm³/mol. The summed E-state index contributed by atoms with van der Waals surface area (Å²) in [6, 6.07) is 14.2. The Balaban J connectivity index is 2.28. The molecule has 0 spiro atoms. The molecule has 0 saturated carbocycles. The van der Waals surface area contributed by atoms with Crippen LogP contribution in [0.1, 0.15) is 38.8 Å². The van der Waals surface area contributed by atoms with Gasteiger partial charge in [-0.2, -0.15) is 0 Å². The van der Waals surface area contributed by atoms with Gasteiger partial charge in [-0.25, -0.2) is 0 Å². The van der Waals surface area contributed by atoms with Crippen LogP contribution in [0.2, 0.25) is 0 Å². The lowest BCUT2D eigenvalue weighted by Crippen LogP contribution is -2.41. The summed E-state index contributed by atoms with van der Waals surface area (Å²) in [5.74, 6) is -0.123. The molecule has 0 aliphatic carbocycles. The summed E-state index contributed by atoms with van der Waals surface area (Å²) in [5.41, 5.74) is 1.11. The number of benzene rings is 2. The van der Waals surface area contributed by atoms with E-state index in [-0.39, 0.29) is 11.9 Å². The van der Waals surface area contributed by atoms with Gasteiger partial charge in [0.15, 0.2) is 0 Å². The first-order valence-corrected chi connectivity index (χ1v) is 7.31. The molecule has 2 aromatic carbocycles. The molecule has 1 N–H and O–H groups in total. The average molecular weight is 290 g/mol. The van der Waals surface area contributed by atoms with Gasteiger partial charge in [0.1, 0.15) is 4.87 Å². The van der Waals surface area contributed by atoms with Crippen molar-refractivity contribution in [3.05, 3.63) is 48.0 Å². The molecule has 0 bridgehead atoms. The number of amides is 1. The lowest BCUT2D eigenvalue weighted by Gasteiger charge is -2.23. The molecule has 0 heterocycles. The van der Waals surface area contributed by atoms with Crippen LogP contribution in [0.3, 0.4) is 0 Å². The van der Waals surface area contributed by atoms with E-state index in [1.165, 1.54) is 5.39 Å². The summed E-state index contributed by atoms with van der Waals surface area (Å²) < 4.78 is 0. The zero-order valence-electron chi connectivity index (χ0n) is 12.1. The van der Waals surface area contributed by atoms with Crippen molar-refractivity contribution < 1.29 is 4.79 Å². The molecule has 0 aliphatic heterocycles. The van der Waals surface area contributed by atoms with Crippen molar-refractivity contribution in [2.24, 2.45) is 0 Å². The fourth-order valence-corrected chi connectivity index (χ4v) is 2.27. The quantitative estimate of drug-likeness (QED) is 0.829. The van der Waals surface area contributed by atoms with E-state index in [1.54, 1.807) is 6.92 Å². The molecule has 3 heteroatoms. The Labute approximate surface area is 125 Å². The van der Waals surface area contributed by atoms with E-state index in [0.717, 1.165) is 10.9 Å². The first kappa shape index (κ1) is 14.9. The van der Waals surface area contributed by atoms with Crippen LogP contribution in [0.15, 0.2) is 42.5 Å². The molecule has 0 radical (unpaired) electrons. The van der Waals surface area contributed by atoms with Gasteiger partial charge in [0.05, 0.1) is 6.04 Å². The second-order valence-electron chi connectivity index (χ2n) is 5.31. The van der Waals surface area contributed by atoms with Gasteiger partial charge in [-0.3, -0.25) is 4.79 Å². The maximum Gasteiger partial charge on any atom is 0.241 e. The normalized spacial score (nSPS) is 15.6. The third-order valence-electron chi connectivity index (χ3n) is 3.77. The highest BCUT2D eigenvalue weighted by molar-refractivity contribution is 6.34.